The van der Waals surface area contributed by atoms with Crippen molar-refractivity contribution in [1.29, 1.82) is 0 Å². The summed E-state index contributed by atoms with van der Waals surface area (Å²) in [5.41, 5.74) is 0.888. The van der Waals surface area contributed by atoms with E-state index in [2.05, 4.69) is 15.9 Å². The van der Waals surface area contributed by atoms with Crippen molar-refractivity contribution in [2.75, 3.05) is 20.3 Å². The van der Waals surface area contributed by atoms with Gasteiger partial charge in [0.15, 0.2) is 0 Å². The molecule has 0 saturated heterocycles. The van der Waals surface area contributed by atoms with Gasteiger partial charge >= 0.3 is 5.97 Å². The lowest BCUT2D eigenvalue weighted by molar-refractivity contribution is -0.143. The number of hydrogen-bond acceptors (Lipinski definition) is 4. The van der Waals surface area contributed by atoms with Gasteiger partial charge < -0.3 is 14.2 Å². The fourth-order valence-corrected chi connectivity index (χ4v) is 2.21. The van der Waals surface area contributed by atoms with Crippen LogP contribution in [0.5, 0.6) is 11.5 Å². The first-order valence-corrected chi connectivity index (χ1v) is 7.63. The zero-order valence-corrected chi connectivity index (χ0v) is 13.8. The molecular formula is C17H17BrO4. The lowest BCUT2D eigenvalue weighted by atomic mass is 10.1. The van der Waals surface area contributed by atoms with E-state index in [9.17, 15) is 4.79 Å². The highest BCUT2D eigenvalue weighted by Gasteiger charge is 2.05. The molecule has 2 aromatic rings. The Morgan fingerprint density at radius 1 is 1.05 bits per heavy atom. The van der Waals surface area contributed by atoms with Gasteiger partial charge in [-0.2, -0.15) is 0 Å². The summed E-state index contributed by atoms with van der Waals surface area (Å²) < 4.78 is 16.7. The molecule has 0 amide bonds. The zero-order chi connectivity index (χ0) is 15.8. The van der Waals surface area contributed by atoms with Crippen LogP contribution in [0.15, 0.2) is 53.0 Å². The van der Waals surface area contributed by atoms with E-state index >= 15 is 0 Å². The van der Waals surface area contributed by atoms with Gasteiger partial charge in [0, 0.05) is 4.47 Å². The van der Waals surface area contributed by atoms with Crippen LogP contribution in [0, 0.1) is 0 Å². The van der Waals surface area contributed by atoms with E-state index in [0.29, 0.717) is 6.61 Å². The molecule has 0 atom stereocenters. The minimum Gasteiger partial charge on any atom is -0.497 e. The van der Waals surface area contributed by atoms with Gasteiger partial charge in [0.1, 0.15) is 24.7 Å². The topological polar surface area (TPSA) is 44.8 Å². The zero-order valence-electron chi connectivity index (χ0n) is 12.3. The molecule has 0 saturated carbocycles. The lowest BCUT2D eigenvalue weighted by Crippen LogP contribution is -2.14. The monoisotopic (exact) mass is 364 g/mol. The van der Waals surface area contributed by atoms with Crippen LogP contribution in [0.4, 0.5) is 0 Å². The van der Waals surface area contributed by atoms with Gasteiger partial charge in [0.2, 0.25) is 0 Å². The Kier molecular flexibility index (Phi) is 6.27. The molecular weight excluding hydrogens is 348 g/mol. The molecule has 4 nitrogen and oxygen atoms in total. The summed E-state index contributed by atoms with van der Waals surface area (Å²) in [4.78, 5) is 11.7. The number of halogens is 1. The number of rotatable bonds is 7. The van der Waals surface area contributed by atoms with E-state index in [1.165, 1.54) is 0 Å². The van der Waals surface area contributed by atoms with Gasteiger partial charge in [-0.25, -0.2) is 0 Å². The largest absolute Gasteiger partial charge is 0.497 e. The van der Waals surface area contributed by atoms with E-state index < -0.39 is 0 Å². The number of hydrogen-bond donors (Lipinski definition) is 0. The molecule has 5 heteroatoms. The normalized spacial score (nSPS) is 10.1. The molecule has 0 unspecified atom stereocenters. The van der Waals surface area contributed by atoms with E-state index in [-0.39, 0.29) is 19.0 Å². The second-order valence-electron chi connectivity index (χ2n) is 4.55. The number of carbonyl (C=O) groups excluding carboxylic acids is 1. The number of methoxy groups -OCH3 is 1. The molecule has 0 bridgehead atoms. The Morgan fingerprint density at radius 2 is 1.82 bits per heavy atom. The summed E-state index contributed by atoms with van der Waals surface area (Å²) in [6.45, 7) is 0.548. The molecule has 0 aliphatic rings. The molecule has 2 aromatic carbocycles. The molecule has 0 radical (unpaired) electrons. The molecule has 116 valence electrons. The summed E-state index contributed by atoms with van der Waals surface area (Å²) in [7, 11) is 1.61. The summed E-state index contributed by atoms with van der Waals surface area (Å²) in [5.74, 6) is 1.23. The van der Waals surface area contributed by atoms with Crippen LogP contribution in [-0.2, 0) is 16.0 Å². The Hall–Kier alpha value is -2.01. The first-order valence-electron chi connectivity index (χ1n) is 6.84. The van der Waals surface area contributed by atoms with Crippen LogP contribution < -0.4 is 9.47 Å². The fourth-order valence-electron chi connectivity index (χ4n) is 1.83. The summed E-state index contributed by atoms with van der Waals surface area (Å²) in [6.07, 6.45) is 0.237. The molecule has 0 N–H and O–H groups in total. The van der Waals surface area contributed by atoms with Crippen molar-refractivity contribution in [1.82, 2.24) is 0 Å². The minimum absolute atomic E-state index is 0.224. The molecule has 0 aliphatic heterocycles. The predicted octanol–water partition coefficient (Wildman–Crippen LogP) is 3.62. The average Bonchev–Trinajstić information content (AvgIpc) is 2.52. The Balaban J connectivity index is 1.69. The van der Waals surface area contributed by atoms with Crippen molar-refractivity contribution in [3.8, 4) is 11.5 Å². The van der Waals surface area contributed by atoms with Gasteiger partial charge in [-0.3, -0.25) is 4.79 Å². The van der Waals surface area contributed by atoms with Crippen LogP contribution in [0.25, 0.3) is 0 Å². The number of benzene rings is 2. The lowest BCUT2D eigenvalue weighted by Gasteiger charge is -2.08. The van der Waals surface area contributed by atoms with Gasteiger partial charge in [0.25, 0.3) is 0 Å². The second kappa shape index (κ2) is 8.44. The van der Waals surface area contributed by atoms with E-state index in [0.717, 1.165) is 21.5 Å². The number of ether oxygens (including phenoxy) is 3. The molecule has 0 aromatic heterocycles. The molecule has 0 aliphatic carbocycles. The second-order valence-corrected chi connectivity index (χ2v) is 5.47. The van der Waals surface area contributed by atoms with E-state index in [1.807, 2.05) is 48.5 Å². The third-order valence-corrected chi connectivity index (χ3v) is 3.41. The van der Waals surface area contributed by atoms with Crippen molar-refractivity contribution in [3.05, 3.63) is 58.6 Å². The highest BCUT2D eigenvalue weighted by Crippen LogP contribution is 2.17. The van der Waals surface area contributed by atoms with Crippen LogP contribution in [0.1, 0.15) is 5.56 Å². The molecule has 2 rings (SSSR count). The van der Waals surface area contributed by atoms with Crippen molar-refractivity contribution in [2.24, 2.45) is 0 Å². The third-order valence-electron chi connectivity index (χ3n) is 2.92. The maximum Gasteiger partial charge on any atom is 0.310 e. The Labute approximate surface area is 138 Å². The summed E-state index contributed by atoms with van der Waals surface area (Å²) in [5, 5.41) is 0. The van der Waals surface area contributed by atoms with E-state index in [1.54, 1.807) is 7.11 Å². The Morgan fingerprint density at radius 3 is 2.50 bits per heavy atom. The van der Waals surface area contributed by atoms with Gasteiger partial charge in [0.05, 0.1) is 13.5 Å². The van der Waals surface area contributed by atoms with Crippen LogP contribution >= 0.6 is 15.9 Å². The quantitative estimate of drug-likeness (QED) is 0.555. The maximum atomic E-state index is 11.7. The molecule has 22 heavy (non-hydrogen) atoms. The Bertz CT molecular complexity index is 610. The van der Waals surface area contributed by atoms with Gasteiger partial charge in [-0.1, -0.05) is 34.1 Å². The third kappa shape index (κ3) is 5.41. The maximum absolute atomic E-state index is 11.7. The first kappa shape index (κ1) is 16.4. The highest BCUT2D eigenvalue weighted by molar-refractivity contribution is 9.10. The predicted molar refractivity (Wildman–Crippen MR) is 87.3 cm³/mol. The standard InChI is InChI=1S/C17H17BrO4/c1-20-15-7-5-13(6-8-15)11-17(19)22-10-9-21-16-4-2-3-14(18)12-16/h2-8,12H,9-11H2,1H3. The number of carbonyl (C=O) groups is 1. The summed E-state index contributed by atoms with van der Waals surface area (Å²) >= 11 is 3.37. The molecule has 0 spiro atoms. The van der Waals surface area contributed by atoms with Crippen molar-refractivity contribution in [3.63, 3.8) is 0 Å². The average molecular weight is 365 g/mol. The van der Waals surface area contributed by atoms with Crippen molar-refractivity contribution < 1.29 is 19.0 Å². The van der Waals surface area contributed by atoms with Gasteiger partial charge in [-0.05, 0) is 35.9 Å². The molecule has 0 heterocycles. The smallest absolute Gasteiger partial charge is 0.310 e. The first-order chi connectivity index (χ1) is 10.7. The minimum atomic E-state index is -0.275. The fraction of sp³-hybridized carbons (Fsp3) is 0.235. The molecule has 0 fully saturated rings. The summed E-state index contributed by atoms with van der Waals surface area (Å²) in [6, 6.07) is 14.8. The van der Waals surface area contributed by atoms with E-state index in [4.69, 9.17) is 14.2 Å². The highest BCUT2D eigenvalue weighted by atomic mass is 79.9. The van der Waals surface area contributed by atoms with Crippen LogP contribution in [0.3, 0.4) is 0 Å². The van der Waals surface area contributed by atoms with Gasteiger partial charge in [-0.15, -0.1) is 0 Å². The van der Waals surface area contributed by atoms with Crippen LogP contribution in [0.2, 0.25) is 0 Å². The van der Waals surface area contributed by atoms with Crippen molar-refractivity contribution in [2.45, 2.75) is 6.42 Å². The number of esters is 1. The van der Waals surface area contributed by atoms with Crippen molar-refractivity contribution >= 4 is 21.9 Å². The van der Waals surface area contributed by atoms with Crippen LogP contribution in [-0.4, -0.2) is 26.3 Å². The SMILES string of the molecule is COc1ccc(CC(=O)OCCOc2cccc(Br)c2)cc1.